The van der Waals surface area contributed by atoms with Crippen LogP contribution in [-0.2, 0) is 9.53 Å². The maximum atomic E-state index is 13.8. The third-order valence-electron chi connectivity index (χ3n) is 6.01. The standard InChI is InChI=1S/C29H32N2O5S2/c1-7-35-22-13-8-19(14-23(22)34-5)15-24-27(32)31-26(20-9-11-21(37-6)12-10-20)25(18(4)30-29(31)38-24)28(33)36-16-17(2)3/h8-15,17,26H,7,16H2,1-6H3. The van der Waals surface area contributed by atoms with Crippen molar-refractivity contribution in [2.45, 2.75) is 38.6 Å². The minimum atomic E-state index is -0.640. The Bertz CT molecular complexity index is 1530. The maximum absolute atomic E-state index is 13.8. The first-order valence-corrected chi connectivity index (χ1v) is 14.5. The molecule has 3 aromatic rings. The number of esters is 1. The van der Waals surface area contributed by atoms with Gasteiger partial charge in [0.1, 0.15) is 0 Å². The molecule has 0 N–H and O–H groups in total. The first-order chi connectivity index (χ1) is 18.3. The van der Waals surface area contributed by atoms with Crippen LogP contribution in [0.4, 0.5) is 0 Å². The van der Waals surface area contributed by atoms with Gasteiger partial charge in [-0.3, -0.25) is 9.36 Å². The van der Waals surface area contributed by atoms with Crippen LogP contribution in [0.3, 0.4) is 0 Å². The van der Waals surface area contributed by atoms with E-state index in [0.717, 1.165) is 16.0 Å². The summed E-state index contributed by atoms with van der Waals surface area (Å²) < 4.78 is 18.8. The molecule has 0 saturated carbocycles. The molecule has 1 unspecified atom stereocenters. The van der Waals surface area contributed by atoms with Crippen molar-refractivity contribution in [3.8, 4) is 11.5 Å². The molecule has 0 bridgehead atoms. The molecule has 0 spiro atoms. The van der Waals surface area contributed by atoms with E-state index in [2.05, 4.69) is 4.99 Å². The van der Waals surface area contributed by atoms with Gasteiger partial charge in [-0.2, -0.15) is 0 Å². The zero-order valence-electron chi connectivity index (χ0n) is 22.4. The minimum absolute atomic E-state index is 0.187. The lowest BCUT2D eigenvalue weighted by Gasteiger charge is -2.25. The number of fused-ring (bicyclic) bond motifs is 1. The summed E-state index contributed by atoms with van der Waals surface area (Å²) in [7, 11) is 1.58. The molecule has 1 aliphatic rings. The van der Waals surface area contributed by atoms with Crippen LogP contribution in [0.2, 0.25) is 0 Å². The Kier molecular flexibility index (Phi) is 8.79. The zero-order valence-corrected chi connectivity index (χ0v) is 24.1. The highest BCUT2D eigenvalue weighted by Gasteiger charge is 2.33. The second-order valence-electron chi connectivity index (χ2n) is 9.19. The lowest BCUT2D eigenvalue weighted by molar-refractivity contribution is -0.140. The van der Waals surface area contributed by atoms with Gasteiger partial charge < -0.3 is 14.2 Å². The highest BCUT2D eigenvalue weighted by Crippen LogP contribution is 2.32. The molecule has 7 nitrogen and oxygen atoms in total. The van der Waals surface area contributed by atoms with Gasteiger partial charge in [0, 0.05) is 4.90 Å². The van der Waals surface area contributed by atoms with Crippen LogP contribution in [0.5, 0.6) is 11.5 Å². The third kappa shape index (κ3) is 5.73. The molecule has 9 heteroatoms. The van der Waals surface area contributed by atoms with Crippen molar-refractivity contribution in [3.05, 3.63) is 84.5 Å². The molecular formula is C29H32N2O5S2. The molecule has 0 aliphatic carbocycles. The summed E-state index contributed by atoms with van der Waals surface area (Å²) >= 11 is 2.92. The summed E-state index contributed by atoms with van der Waals surface area (Å²) in [6, 6.07) is 12.8. The number of ether oxygens (including phenoxy) is 3. The molecule has 2 heterocycles. The second-order valence-corrected chi connectivity index (χ2v) is 11.1. The number of aromatic nitrogens is 1. The van der Waals surface area contributed by atoms with Crippen LogP contribution in [0.25, 0.3) is 6.08 Å². The van der Waals surface area contributed by atoms with E-state index < -0.39 is 12.0 Å². The summed E-state index contributed by atoms with van der Waals surface area (Å²) in [6.45, 7) is 8.48. The normalized spacial score (nSPS) is 15.3. The van der Waals surface area contributed by atoms with Gasteiger partial charge in [-0.15, -0.1) is 11.8 Å². The SMILES string of the molecule is CCOc1ccc(C=c2sc3n(c2=O)C(c2ccc(SC)cc2)C(C(=O)OCC(C)C)=C(C)N=3)cc1OC. The van der Waals surface area contributed by atoms with E-state index in [1.54, 1.807) is 30.4 Å². The fraction of sp³-hybridized carbons (Fsp3) is 0.345. The molecule has 1 aliphatic heterocycles. The van der Waals surface area contributed by atoms with Crippen molar-refractivity contribution in [1.82, 2.24) is 4.57 Å². The number of thiazole rings is 1. The van der Waals surface area contributed by atoms with Gasteiger partial charge in [-0.1, -0.05) is 43.4 Å². The van der Waals surface area contributed by atoms with Crippen LogP contribution >= 0.6 is 23.1 Å². The number of nitrogens with zero attached hydrogens (tertiary/aromatic N) is 2. The number of thioether (sulfide) groups is 1. The topological polar surface area (TPSA) is 79.1 Å². The van der Waals surface area contributed by atoms with Gasteiger partial charge in [0.05, 0.1) is 42.2 Å². The molecule has 1 aromatic heterocycles. The van der Waals surface area contributed by atoms with Gasteiger partial charge in [0.2, 0.25) is 0 Å². The predicted octanol–water partition coefficient (Wildman–Crippen LogP) is 4.56. The summed E-state index contributed by atoms with van der Waals surface area (Å²) in [5, 5.41) is 0. The van der Waals surface area contributed by atoms with E-state index >= 15 is 0 Å². The van der Waals surface area contributed by atoms with Crippen LogP contribution in [-0.4, -0.2) is 37.1 Å². The van der Waals surface area contributed by atoms with E-state index in [4.69, 9.17) is 14.2 Å². The Balaban J connectivity index is 1.86. The number of methoxy groups -OCH3 is 1. The third-order valence-corrected chi connectivity index (χ3v) is 7.73. The quantitative estimate of drug-likeness (QED) is 0.286. The number of benzene rings is 2. The fourth-order valence-corrected chi connectivity index (χ4v) is 5.66. The molecular weight excluding hydrogens is 520 g/mol. The summed E-state index contributed by atoms with van der Waals surface area (Å²) in [4.78, 5) is 33.4. The fourth-order valence-electron chi connectivity index (χ4n) is 4.20. The Morgan fingerprint density at radius 1 is 1.18 bits per heavy atom. The van der Waals surface area contributed by atoms with Crippen molar-refractivity contribution in [1.29, 1.82) is 0 Å². The van der Waals surface area contributed by atoms with Crippen molar-refractivity contribution in [2.24, 2.45) is 10.9 Å². The number of allylic oxidation sites excluding steroid dienone is 1. The lowest BCUT2D eigenvalue weighted by Crippen LogP contribution is -2.40. The van der Waals surface area contributed by atoms with Crippen LogP contribution < -0.4 is 24.4 Å². The van der Waals surface area contributed by atoms with Crippen molar-refractivity contribution in [3.63, 3.8) is 0 Å². The summed E-state index contributed by atoms with van der Waals surface area (Å²) in [6.07, 6.45) is 3.82. The van der Waals surface area contributed by atoms with E-state index in [-0.39, 0.29) is 18.1 Å². The van der Waals surface area contributed by atoms with Gasteiger partial charge in [0.15, 0.2) is 16.3 Å². The average Bonchev–Trinajstić information content (AvgIpc) is 3.21. The predicted molar refractivity (Wildman–Crippen MR) is 152 cm³/mol. The highest BCUT2D eigenvalue weighted by atomic mass is 32.2. The van der Waals surface area contributed by atoms with Gasteiger partial charge in [0.25, 0.3) is 5.56 Å². The zero-order chi connectivity index (χ0) is 27.4. The molecule has 0 fully saturated rings. The van der Waals surface area contributed by atoms with E-state index in [1.807, 2.05) is 75.6 Å². The van der Waals surface area contributed by atoms with Gasteiger partial charge >= 0.3 is 5.97 Å². The van der Waals surface area contributed by atoms with Crippen molar-refractivity contribution >= 4 is 35.1 Å². The van der Waals surface area contributed by atoms with Crippen molar-refractivity contribution < 1.29 is 19.0 Å². The molecule has 4 rings (SSSR count). The highest BCUT2D eigenvalue weighted by molar-refractivity contribution is 7.98. The number of hydrogen-bond acceptors (Lipinski definition) is 8. The smallest absolute Gasteiger partial charge is 0.338 e. The Morgan fingerprint density at radius 2 is 1.92 bits per heavy atom. The van der Waals surface area contributed by atoms with Crippen LogP contribution in [0, 0.1) is 5.92 Å². The monoisotopic (exact) mass is 552 g/mol. The van der Waals surface area contributed by atoms with Gasteiger partial charge in [-0.05, 0) is 67.5 Å². The van der Waals surface area contributed by atoms with Crippen LogP contribution in [0.15, 0.2) is 68.4 Å². The Hall–Kier alpha value is -3.30. The number of rotatable bonds is 9. The lowest BCUT2D eigenvalue weighted by atomic mass is 9.96. The van der Waals surface area contributed by atoms with Crippen molar-refractivity contribution in [2.75, 3.05) is 26.6 Å². The molecule has 38 heavy (non-hydrogen) atoms. The second kappa shape index (κ2) is 12.0. The molecule has 0 saturated heterocycles. The van der Waals surface area contributed by atoms with Crippen LogP contribution in [0.1, 0.15) is 44.9 Å². The Morgan fingerprint density at radius 3 is 2.55 bits per heavy atom. The van der Waals surface area contributed by atoms with E-state index in [1.165, 1.54) is 11.3 Å². The van der Waals surface area contributed by atoms with Gasteiger partial charge in [-0.25, -0.2) is 9.79 Å². The first-order valence-electron chi connectivity index (χ1n) is 12.4. The number of carbonyl (C=O) groups is 1. The molecule has 2 aromatic carbocycles. The first kappa shape index (κ1) is 27.7. The minimum Gasteiger partial charge on any atom is -0.493 e. The number of carbonyl (C=O) groups excluding carboxylic acids is 1. The largest absolute Gasteiger partial charge is 0.493 e. The molecule has 0 radical (unpaired) electrons. The average molecular weight is 553 g/mol. The molecule has 1 atom stereocenters. The molecule has 0 amide bonds. The van der Waals surface area contributed by atoms with E-state index in [0.29, 0.717) is 38.7 Å². The summed E-state index contributed by atoms with van der Waals surface area (Å²) in [5.41, 5.74) is 2.33. The maximum Gasteiger partial charge on any atom is 0.338 e. The number of hydrogen-bond donors (Lipinski definition) is 0. The Labute approximate surface area is 230 Å². The van der Waals surface area contributed by atoms with E-state index in [9.17, 15) is 9.59 Å². The summed E-state index contributed by atoms with van der Waals surface area (Å²) in [5.74, 6) is 0.963. The molecule has 200 valence electrons.